The summed E-state index contributed by atoms with van der Waals surface area (Å²) in [5, 5.41) is 0. The molecule has 25 heavy (non-hydrogen) atoms. The molecule has 2 rings (SSSR count). The maximum absolute atomic E-state index is 12.2. The standard InChI is InChI=1S/C21H33NO3/c1-19(2,3)17-10-8-16(9-11-17)14-24-21(7)12-13-22(15-21)18(23)25-20(4,5)6/h8-11H,12-15H2,1-7H3. The Morgan fingerprint density at radius 1 is 1.12 bits per heavy atom. The van der Waals surface area contributed by atoms with Crippen LogP contribution in [0.25, 0.3) is 0 Å². The van der Waals surface area contributed by atoms with Crippen molar-refractivity contribution in [1.29, 1.82) is 0 Å². The monoisotopic (exact) mass is 347 g/mol. The van der Waals surface area contributed by atoms with E-state index in [0.29, 0.717) is 19.7 Å². The second-order valence-electron chi connectivity index (χ2n) is 9.34. The molecule has 1 fully saturated rings. The fourth-order valence-corrected chi connectivity index (χ4v) is 2.89. The minimum Gasteiger partial charge on any atom is -0.444 e. The molecule has 0 aliphatic carbocycles. The van der Waals surface area contributed by atoms with Crippen LogP contribution in [0.3, 0.4) is 0 Å². The summed E-state index contributed by atoms with van der Waals surface area (Å²) in [4.78, 5) is 13.9. The molecule has 1 atom stereocenters. The number of likely N-dealkylation sites (tertiary alicyclic amines) is 1. The van der Waals surface area contributed by atoms with Gasteiger partial charge in [0.15, 0.2) is 0 Å². The van der Waals surface area contributed by atoms with Gasteiger partial charge in [-0.05, 0) is 50.7 Å². The number of carbonyl (C=O) groups is 1. The summed E-state index contributed by atoms with van der Waals surface area (Å²) in [5.41, 5.74) is 1.85. The van der Waals surface area contributed by atoms with Crippen molar-refractivity contribution in [2.45, 2.75) is 78.1 Å². The summed E-state index contributed by atoms with van der Waals surface area (Å²) in [6.07, 6.45) is 0.570. The summed E-state index contributed by atoms with van der Waals surface area (Å²) in [6.45, 7) is 16.2. The Balaban J connectivity index is 1.90. The van der Waals surface area contributed by atoms with E-state index in [4.69, 9.17) is 9.47 Å². The van der Waals surface area contributed by atoms with Crippen LogP contribution in [0, 0.1) is 0 Å². The van der Waals surface area contributed by atoms with Crippen LogP contribution in [-0.2, 0) is 21.5 Å². The normalized spacial score (nSPS) is 21.5. The van der Waals surface area contributed by atoms with Crippen molar-refractivity contribution in [2.75, 3.05) is 13.1 Å². The number of nitrogens with zero attached hydrogens (tertiary/aromatic N) is 1. The predicted octanol–water partition coefficient (Wildman–Crippen LogP) is 4.90. The molecule has 1 aliphatic heterocycles. The fraction of sp³-hybridized carbons (Fsp3) is 0.667. The molecule has 1 saturated heterocycles. The molecule has 1 aromatic rings. The van der Waals surface area contributed by atoms with Crippen LogP contribution in [0.1, 0.15) is 66.0 Å². The van der Waals surface area contributed by atoms with Crippen molar-refractivity contribution in [1.82, 2.24) is 4.90 Å². The summed E-state index contributed by atoms with van der Waals surface area (Å²) >= 11 is 0. The van der Waals surface area contributed by atoms with Gasteiger partial charge in [-0.1, -0.05) is 45.0 Å². The molecule has 1 aromatic carbocycles. The van der Waals surface area contributed by atoms with Crippen molar-refractivity contribution in [2.24, 2.45) is 0 Å². The van der Waals surface area contributed by atoms with E-state index in [2.05, 4.69) is 52.0 Å². The highest BCUT2D eigenvalue weighted by Crippen LogP contribution is 2.28. The van der Waals surface area contributed by atoms with E-state index in [9.17, 15) is 4.79 Å². The van der Waals surface area contributed by atoms with Gasteiger partial charge in [-0.3, -0.25) is 0 Å². The van der Waals surface area contributed by atoms with Gasteiger partial charge in [-0.2, -0.15) is 0 Å². The van der Waals surface area contributed by atoms with E-state index in [0.717, 1.165) is 12.0 Å². The molecule has 4 nitrogen and oxygen atoms in total. The summed E-state index contributed by atoms with van der Waals surface area (Å²) in [5.74, 6) is 0. The summed E-state index contributed by atoms with van der Waals surface area (Å²) in [6, 6.07) is 8.60. The van der Waals surface area contributed by atoms with Gasteiger partial charge in [0.05, 0.1) is 18.8 Å². The van der Waals surface area contributed by atoms with Crippen LogP contribution in [0.15, 0.2) is 24.3 Å². The SMILES string of the molecule is CC(C)(C)OC(=O)N1CCC(C)(OCc2ccc(C(C)(C)C)cc2)C1. The molecule has 0 bridgehead atoms. The third-order valence-electron chi connectivity index (χ3n) is 4.49. The Bertz CT molecular complexity index is 595. The Labute approximate surface area is 152 Å². The highest BCUT2D eigenvalue weighted by molar-refractivity contribution is 5.68. The van der Waals surface area contributed by atoms with E-state index >= 15 is 0 Å². The Morgan fingerprint density at radius 2 is 1.72 bits per heavy atom. The highest BCUT2D eigenvalue weighted by Gasteiger charge is 2.38. The highest BCUT2D eigenvalue weighted by atomic mass is 16.6. The average Bonchev–Trinajstić information content (AvgIpc) is 2.86. The largest absolute Gasteiger partial charge is 0.444 e. The zero-order valence-corrected chi connectivity index (χ0v) is 16.8. The van der Waals surface area contributed by atoms with Gasteiger partial charge >= 0.3 is 6.09 Å². The average molecular weight is 347 g/mol. The lowest BCUT2D eigenvalue weighted by atomic mass is 9.87. The number of hydrogen-bond acceptors (Lipinski definition) is 3. The first-order valence-corrected chi connectivity index (χ1v) is 9.09. The molecule has 1 amide bonds. The molecule has 0 N–H and O–H groups in total. The maximum Gasteiger partial charge on any atom is 0.410 e. The van der Waals surface area contributed by atoms with Crippen LogP contribution in [0.4, 0.5) is 4.79 Å². The number of rotatable bonds is 3. The minimum absolute atomic E-state index is 0.157. The molecular formula is C21H33NO3. The van der Waals surface area contributed by atoms with E-state index in [1.165, 1.54) is 5.56 Å². The lowest BCUT2D eigenvalue weighted by Crippen LogP contribution is -2.39. The van der Waals surface area contributed by atoms with Gasteiger partial charge in [0.1, 0.15) is 5.60 Å². The maximum atomic E-state index is 12.2. The van der Waals surface area contributed by atoms with Crippen LogP contribution >= 0.6 is 0 Å². The molecule has 1 unspecified atom stereocenters. The number of amides is 1. The zero-order valence-electron chi connectivity index (χ0n) is 16.8. The number of benzene rings is 1. The van der Waals surface area contributed by atoms with E-state index < -0.39 is 5.60 Å². The number of hydrogen-bond donors (Lipinski definition) is 0. The first kappa shape index (κ1) is 19.8. The molecule has 1 aliphatic rings. The van der Waals surface area contributed by atoms with Crippen molar-refractivity contribution in [3.63, 3.8) is 0 Å². The van der Waals surface area contributed by atoms with Crippen LogP contribution < -0.4 is 0 Å². The van der Waals surface area contributed by atoms with E-state index in [1.807, 2.05) is 20.8 Å². The van der Waals surface area contributed by atoms with E-state index in [1.54, 1.807) is 4.90 Å². The van der Waals surface area contributed by atoms with Gasteiger partial charge in [0.2, 0.25) is 0 Å². The molecule has 1 heterocycles. The molecule has 0 saturated carbocycles. The Hall–Kier alpha value is -1.55. The predicted molar refractivity (Wildman–Crippen MR) is 101 cm³/mol. The quantitative estimate of drug-likeness (QED) is 0.780. The smallest absolute Gasteiger partial charge is 0.410 e. The van der Waals surface area contributed by atoms with Gasteiger partial charge in [-0.15, -0.1) is 0 Å². The third kappa shape index (κ3) is 5.74. The van der Waals surface area contributed by atoms with Crippen LogP contribution in [0.5, 0.6) is 0 Å². The fourth-order valence-electron chi connectivity index (χ4n) is 2.89. The first-order valence-electron chi connectivity index (χ1n) is 9.09. The summed E-state index contributed by atoms with van der Waals surface area (Å²) < 4.78 is 11.6. The second kappa shape index (κ2) is 6.99. The van der Waals surface area contributed by atoms with Gasteiger partial charge in [-0.25, -0.2) is 4.79 Å². The second-order valence-corrected chi connectivity index (χ2v) is 9.34. The van der Waals surface area contributed by atoms with Crippen molar-refractivity contribution < 1.29 is 14.3 Å². The molecule has 4 heteroatoms. The Morgan fingerprint density at radius 3 is 2.24 bits per heavy atom. The number of ether oxygens (including phenoxy) is 2. The van der Waals surface area contributed by atoms with Crippen LogP contribution in [-0.4, -0.2) is 35.3 Å². The first-order chi connectivity index (χ1) is 11.4. The Kier molecular flexibility index (Phi) is 5.53. The molecule has 0 radical (unpaired) electrons. The molecule has 140 valence electrons. The van der Waals surface area contributed by atoms with Gasteiger partial charge < -0.3 is 14.4 Å². The van der Waals surface area contributed by atoms with Crippen molar-refractivity contribution >= 4 is 6.09 Å². The third-order valence-corrected chi connectivity index (χ3v) is 4.49. The number of carbonyl (C=O) groups excluding carboxylic acids is 1. The van der Waals surface area contributed by atoms with Crippen molar-refractivity contribution in [3.05, 3.63) is 35.4 Å². The lowest BCUT2D eigenvalue weighted by Gasteiger charge is -2.27. The zero-order chi connectivity index (χ0) is 18.9. The van der Waals surface area contributed by atoms with Crippen LogP contribution in [0.2, 0.25) is 0 Å². The van der Waals surface area contributed by atoms with E-state index in [-0.39, 0.29) is 17.1 Å². The topological polar surface area (TPSA) is 38.8 Å². The molecule has 0 spiro atoms. The van der Waals surface area contributed by atoms with Gasteiger partial charge in [0, 0.05) is 6.54 Å². The lowest BCUT2D eigenvalue weighted by molar-refractivity contribution is -0.0374. The molecule has 0 aromatic heterocycles. The van der Waals surface area contributed by atoms with Gasteiger partial charge in [0.25, 0.3) is 0 Å². The molecular weight excluding hydrogens is 314 g/mol. The van der Waals surface area contributed by atoms with Crippen molar-refractivity contribution in [3.8, 4) is 0 Å². The minimum atomic E-state index is -0.467. The summed E-state index contributed by atoms with van der Waals surface area (Å²) in [7, 11) is 0.